The molecular weight excluding hydrogens is 344 g/mol. The summed E-state index contributed by atoms with van der Waals surface area (Å²) in [6.07, 6.45) is 28.8. The molecule has 0 aromatic carbocycles. The number of unbranched alkanes of at least 4 members (excludes halogenated alkanes) is 5. The van der Waals surface area contributed by atoms with Crippen molar-refractivity contribution in [2.45, 2.75) is 111 Å². The summed E-state index contributed by atoms with van der Waals surface area (Å²) < 4.78 is 0. The monoisotopic (exact) mass is 390 g/mol. The normalized spacial score (nSPS) is 14.4. The molecule has 0 heterocycles. The molecular formula is C26H46O2. The second-order valence-corrected chi connectivity index (χ2v) is 7.97. The maximum absolute atomic E-state index is 11.6. The smallest absolute Gasteiger partial charge is 0.306 e. The Morgan fingerprint density at radius 1 is 0.786 bits per heavy atom. The van der Waals surface area contributed by atoms with Crippen LogP contribution in [-0.4, -0.2) is 11.1 Å². The maximum Gasteiger partial charge on any atom is 0.306 e. The Morgan fingerprint density at radius 2 is 1.43 bits per heavy atom. The zero-order valence-corrected chi connectivity index (χ0v) is 18.9. The first-order valence-electron chi connectivity index (χ1n) is 11.8. The molecule has 0 saturated heterocycles. The SMILES string of the molecule is CC/C=C\C/C=C\C/C=C\CCCCCCC(CC(CC)CCCC)C(=O)O. The lowest BCUT2D eigenvalue weighted by Gasteiger charge is -2.19. The second kappa shape index (κ2) is 20.4. The van der Waals surface area contributed by atoms with Gasteiger partial charge in [0.05, 0.1) is 5.92 Å². The molecule has 0 bridgehead atoms. The molecule has 0 fully saturated rings. The third-order valence-corrected chi connectivity index (χ3v) is 5.46. The van der Waals surface area contributed by atoms with Crippen LogP contribution in [0.3, 0.4) is 0 Å². The van der Waals surface area contributed by atoms with Crippen LogP contribution >= 0.6 is 0 Å². The molecule has 0 saturated carbocycles. The molecule has 2 unspecified atom stereocenters. The highest BCUT2D eigenvalue weighted by Crippen LogP contribution is 2.25. The topological polar surface area (TPSA) is 37.3 Å². The van der Waals surface area contributed by atoms with Crippen LogP contribution in [0, 0.1) is 11.8 Å². The number of aliphatic carboxylic acids is 1. The van der Waals surface area contributed by atoms with Crippen molar-refractivity contribution in [1.29, 1.82) is 0 Å². The van der Waals surface area contributed by atoms with Gasteiger partial charge in [0.25, 0.3) is 0 Å². The van der Waals surface area contributed by atoms with E-state index in [2.05, 4.69) is 57.2 Å². The molecule has 0 aromatic rings. The van der Waals surface area contributed by atoms with Crippen molar-refractivity contribution in [2.75, 3.05) is 0 Å². The van der Waals surface area contributed by atoms with Crippen LogP contribution in [0.5, 0.6) is 0 Å². The van der Waals surface area contributed by atoms with Crippen molar-refractivity contribution >= 4 is 5.97 Å². The molecule has 0 spiro atoms. The third kappa shape index (κ3) is 16.8. The number of hydrogen-bond donors (Lipinski definition) is 1. The molecule has 162 valence electrons. The van der Waals surface area contributed by atoms with E-state index < -0.39 is 5.97 Å². The molecule has 2 heteroatoms. The van der Waals surface area contributed by atoms with E-state index in [1.54, 1.807) is 0 Å². The Bertz CT molecular complexity index is 434. The Labute approximate surface area is 175 Å². The average Bonchev–Trinajstić information content (AvgIpc) is 2.69. The highest BCUT2D eigenvalue weighted by molar-refractivity contribution is 5.69. The molecule has 0 radical (unpaired) electrons. The lowest BCUT2D eigenvalue weighted by molar-refractivity contribution is -0.142. The number of carbonyl (C=O) groups is 1. The number of hydrogen-bond acceptors (Lipinski definition) is 1. The highest BCUT2D eigenvalue weighted by atomic mass is 16.4. The number of carboxylic acids is 1. The molecule has 28 heavy (non-hydrogen) atoms. The fourth-order valence-corrected chi connectivity index (χ4v) is 3.56. The van der Waals surface area contributed by atoms with Crippen LogP contribution in [0.15, 0.2) is 36.5 Å². The molecule has 0 aliphatic carbocycles. The van der Waals surface area contributed by atoms with Gasteiger partial charge < -0.3 is 5.11 Å². The third-order valence-electron chi connectivity index (χ3n) is 5.46. The van der Waals surface area contributed by atoms with E-state index in [9.17, 15) is 9.90 Å². The van der Waals surface area contributed by atoms with E-state index in [1.165, 1.54) is 32.1 Å². The van der Waals surface area contributed by atoms with Crippen molar-refractivity contribution in [3.05, 3.63) is 36.5 Å². The Kier molecular flexibility index (Phi) is 19.5. The predicted molar refractivity (Wildman–Crippen MR) is 124 cm³/mol. The Hall–Kier alpha value is -1.31. The van der Waals surface area contributed by atoms with Crippen LogP contribution in [0.2, 0.25) is 0 Å². The molecule has 0 aliphatic rings. The quantitative estimate of drug-likeness (QED) is 0.177. The van der Waals surface area contributed by atoms with Gasteiger partial charge in [0.2, 0.25) is 0 Å². The fraction of sp³-hybridized carbons (Fsp3) is 0.731. The van der Waals surface area contributed by atoms with Crippen molar-refractivity contribution in [3.63, 3.8) is 0 Å². The molecule has 0 aromatic heterocycles. The van der Waals surface area contributed by atoms with E-state index in [0.29, 0.717) is 5.92 Å². The van der Waals surface area contributed by atoms with E-state index in [-0.39, 0.29) is 5.92 Å². The number of carboxylic acid groups (broad SMARTS) is 1. The summed E-state index contributed by atoms with van der Waals surface area (Å²) in [5.74, 6) is -0.139. The first-order chi connectivity index (χ1) is 13.7. The Morgan fingerprint density at radius 3 is 2.04 bits per heavy atom. The standard InChI is InChI=1S/C26H46O2/c1-4-7-9-10-11-12-13-14-15-16-17-18-19-20-22-25(26(27)28)23-24(6-3)21-8-5-2/h7,9,11-12,14-15,24-25H,4-6,8,10,13,16-23H2,1-3H3,(H,27,28)/b9-7-,12-11-,15-14-. The highest BCUT2D eigenvalue weighted by Gasteiger charge is 2.21. The minimum Gasteiger partial charge on any atom is -0.481 e. The Balaban J connectivity index is 3.78. The van der Waals surface area contributed by atoms with Gasteiger partial charge in [0.15, 0.2) is 0 Å². The van der Waals surface area contributed by atoms with Gasteiger partial charge in [0, 0.05) is 0 Å². The van der Waals surface area contributed by atoms with Gasteiger partial charge in [-0.25, -0.2) is 0 Å². The van der Waals surface area contributed by atoms with Gasteiger partial charge in [-0.15, -0.1) is 0 Å². The summed E-state index contributed by atoms with van der Waals surface area (Å²) in [6, 6.07) is 0. The van der Waals surface area contributed by atoms with Gasteiger partial charge in [-0.2, -0.15) is 0 Å². The molecule has 0 amide bonds. The summed E-state index contributed by atoms with van der Waals surface area (Å²) in [7, 11) is 0. The summed E-state index contributed by atoms with van der Waals surface area (Å²) in [5.41, 5.74) is 0. The van der Waals surface area contributed by atoms with Crippen LogP contribution in [-0.2, 0) is 4.79 Å². The van der Waals surface area contributed by atoms with Crippen LogP contribution in [0.25, 0.3) is 0 Å². The average molecular weight is 391 g/mol. The van der Waals surface area contributed by atoms with Crippen LogP contribution in [0.1, 0.15) is 111 Å². The van der Waals surface area contributed by atoms with E-state index in [0.717, 1.165) is 57.8 Å². The number of allylic oxidation sites excluding steroid dienone is 6. The van der Waals surface area contributed by atoms with Gasteiger partial charge in [-0.05, 0) is 50.9 Å². The van der Waals surface area contributed by atoms with Crippen LogP contribution < -0.4 is 0 Å². The molecule has 1 N–H and O–H groups in total. The van der Waals surface area contributed by atoms with Gasteiger partial charge in [0.1, 0.15) is 0 Å². The van der Waals surface area contributed by atoms with E-state index in [1.807, 2.05) is 0 Å². The van der Waals surface area contributed by atoms with Gasteiger partial charge in [-0.1, -0.05) is 102 Å². The summed E-state index contributed by atoms with van der Waals surface area (Å²) in [5, 5.41) is 9.53. The van der Waals surface area contributed by atoms with E-state index in [4.69, 9.17) is 0 Å². The second-order valence-electron chi connectivity index (χ2n) is 7.97. The molecule has 0 aliphatic heterocycles. The largest absolute Gasteiger partial charge is 0.481 e. The van der Waals surface area contributed by atoms with Crippen molar-refractivity contribution in [2.24, 2.45) is 11.8 Å². The fourth-order valence-electron chi connectivity index (χ4n) is 3.56. The van der Waals surface area contributed by atoms with Crippen molar-refractivity contribution < 1.29 is 9.90 Å². The summed E-state index contributed by atoms with van der Waals surface area (Å²) in [6.45, 7) is 6.56. The zero-order valence-electron chi connectivity index (χ0n) is 18.9. The first-order valence-corrected chi connectivity index (χ1v) is 11.8. The lowest BCUT2D eigenvalue weighted by Crippen LogP contribution is -2.18. The van der Waals surface area contributed by atoms with Gasteiger partial charge in [-0.3, -0.25) is 4.79 Å². The van der Waals surface area contributed by atoms with Crippen LogP contribution in [0.4, 0.5) is 0 Å². The maximum atomic E-state index is 11.6. The zero-order chi connectivity index (χ0) is 20.9. The van der Waals surface area contributed by atoms with Crippen molar-refractivity contribution in [1.82, 2.24) is 0 Å². The summed E-state index contributed by atoms with van der Waals surface area (Å²) in [4.78, 5) is 11.6. The number of rotatable bonds is 19. The lowest BCUT2D eigenvalue weighted by atomic mass is 9.86. The molecule has 2 atom stereocenters. The van der Waals surface area contributed by atoms with Gasteiger partial charge >= 0.3 is 5.97 Å². The minimum absolute atomic E-state index is 0.138. The summed E-state index contributed by atoms with van der Waals surface area (Å²) >= 11 is 0. The van der Waals surface area contributed by atoms with E-state index >= 15 is 0 Å². The minimum atomic E-state index is -0.587. The predicted octanol–water partition coefficient (Wildman–Crippen LogP) is 8.49. The molecule has 2 nitrogen and oxygen atoms in total. The first kappa shape index (κ1) is 26.7. The van der Waals surface area contributed by atoms with Crippen molar-refractivity contribution in [3.8, 4) is 0 Å². The molecule has 0 rings (SSSR count).